The summed E-state index contributed by atoms with van der Waals surface area (Å²) in [4.78, 5) is 26.9. The van der Waals surface area contributed by atoms with Gasteiger partial charge in [-0.15, -0.1) is 0 Å². The third kappa shape index (κ3) is 3.37. The molecule has 1 saturated heterocycles. The van der Waals surface area contributed by atoms with Crippen LogP contribution >= 0.6 is 0 Å². The van der Waals surface area contributed by atoms with E-state index in [4.69, 9.17) is 0 Å². The molecule has 0 unspecified atom stereocenters. The fraction of sp³-hybridized carbons (Fsp3) is 0.333. The number of carbonyl (C=O) groups is 2. The van der Waals surface area contributed by atoms with E-state index in [1.54, 1.807) is 0 Å². The maximum Gasteiger partial charge on any atom is 0.406 e. The summed E-state index contributed by atoms with van der Waals surface area (Å²) in [7, 11) is 1.12. The molecule has 2 aromatic rings. The highest BCUT2D eigenvalue weighted by atomic mass is 19.4. The monoisotopic (exact) mass is 388 g/mol. The second-order valence-electron chi connectivity index (χ2n) is 7.39. The Hall–Kier alpha value is -2.83. The van der Waals surface area contributed by atoms with Crippen LogP contribution in [0.5, 0.6) is 0 Å². The van der Waals surface area contributed by atoms with Crippen LogP contribution < -0.4 is 4.90 Å². The van der Waals surface area contributed by atoms with Gasteiger partial charge in [-0.25, -0.2) is 0 Å². The molecule has 1 heterocycles. The van der Waals surface area contributed by atoms with Crippen molar-refractivity contribution in [2.24, 2.45) is 5.92 Å². The first-order valence-electron chi connectivity index (χ1n) is 9.06. The first-order valence-corrected chi connectivity index (χ1v) is 9.06. The Bertz CT molecular complexity index is 955. The summed E-state index contributed by atoms with van der Waals surface area (Å²) in [6.07, 6.45) is -3.75. The zero-order valence-electron chi connectivity index (χ0n) is 15.3. The molecule has 1 aliphatic heterocycles. The average Bonchev–Trinajstić information content (AvgIpc) is 3.19. The van der Waals surface area contributed by atoms with E-state index in [1.807, 2.05) is 30.3 Å². The van der Waals surface area contributed by atoms with E-state index in [0.29, 0.717) is 10.6 Å². The number of nitrogens with zero attached hydrogens (tertiary/aromatic N) is 2. The Labute approximate surface area is 160 Å². The lowest BCUT2D eigenvalue weighted by molar-refractivity contribution is -0.160. The van der Waals surface area contributed by atoms with Crippen LogP contribution in [-0.2, 0) is 16.0 Å². The Morgan fingerprint density at radius 1 is 1.14 bits per heavy atom. The standard InChI is InChI=1S/C21H19F3N2O2/c1-25(12-21(22,23)24)20(28)15-10-19(27)26(11-15)16-6-7-18-14(9-16)8-13-4-2-3-5-17(13)18/h2-7,9,15H,8,10-12H2,1H3/t15-/m1/s1. The smallest absolute Gasteiger partial charge is 0.336 e. The van der Waals surface area contributed by atoms with Crippen molar-refractivity contribution >= 4 is 17.5 Å². The van der Waals surface area contributed by atoms with Gasteiger partial charge in [-0.2, -0.15) is 13.2 Å². The summed E-state index contributed by atoms with van der Waals surface area (Å²) in [6.45, 7) is -1.21. The van der Waals surface area contributed by atoms with Crippen LogP contribution in [0, 0.1) is 5.92 Å². The molecule has 1 fully saturated rings. The summed E-state index contributed by atoms with van der Waals surface area (Å²) in [5.41, 5.74) is 5.33. The van der Waals surface area contributed by atoms with Crippen molar-refractivity contribution in [3.8, 4) is 11.1 Å². The minimum Gasteiger partial charge on any atom is -0.336 e. The Kier molecular flexibility index (Phi) is 4.40. The zero-order chi connectivity index (χ0) is 20.1. The van der Waals surface area contributed by atoms with Gasteiger partial charge in [0.25, 0.3) is 0 Å². The molecule has 1 aliphatic carbocycles. The molecule has 2 aromatic carbocycles. The molecule has 7 heteroatoms. The third-order valence-electron chi connectivity index (χ3n) is 5.36. The van der Waals surface area contributed by atoms with E-state index in [0.717, 1.165) is 24.6 Å². The van der Waals surface area contributed by atoms with Gasteiger partial charge in [0, 0.05) is 25.7 Å². The number of hydrogen-bond acceptors (Lipinski definition) is 2. The predicted molar refractivity (Wildman–Crippen MR) is 98.8 cm³/mol. The summed E-state index contributed by atoms with van der Waals surface area (Å²) < 4.78 is 37.6. The van der Waals surface area contributed by atoms with Crippen molar-refractivity contribution in [2.75, 3.05) is 25.0 Å². The number of rotatable bonds is 3. The fourth-order valence-corrected chi connectivity index (χ4v) is 4.08. The number of fused-ring (bicyclic) bond motifs is 3. The predicted octanol–water partition coefficient (Wildman–Crippen LogP) is 3.63. The van der Waals surface area contributed by atoms with E-state index in [2.05, 4.69) is 12.1 Å². The largest absolute Gasteiger partial charge is 0.406 e. The van der Waals surface area contributed by atoms with Crippen LogP contribution in [0.3, 0.4) is 0 Å². The molecular formula is C21H19F3N2O2. The van der Waals surface area contributed by atoms with Gasteiger partial charge >= 0.3 is 6.18 Å². The highest BCUT2D eigenvalue weighted by molar-refractivity contribution is 6.00. The summed E-state index contributed by atoms with van der Waals surface area (Å²) in [6, 6.07) is 13.9. The zero-order valence-corrected chi connectivity index (χ0v) is 15.3. The fourth-order valence-electron chi connectivity index (χ4n) is 4.08. The number of amides is 2. The number of alkyl halides is 3. The molecule has 0 radical (unpaired) electrons. The molecule has 0 spiro atoms. The van der Waals surface area contributed by atoms with Crippen LogP contribution in [-0.4, -0.2) is 43.0 Å². The maximum absolute atomic E-state index is 12.5. The van der Waals surface area contributed by atoms with Gasteiger partial charge in [0.2, 0.25) is 11.8 Å². The first kappa shape index (κ1) is 18.5. The minimum absolute atomic E-state index is 0.0711. The van der Waals surface area contributed by atoms with Crippen LogP contribution in [0.25, 0.3) is 11.1 Å². The molecule has 2 amide bonds. The molecule has 0 bridgehead atoms. The van der Waals surface area contributed by atoms with Crippen molar-refractivity contribution in [1.82, 2.24) is 4.90 Å². The SMILES string of the molecule is CN(CC(F)(F)F)C(=O)[C@@H]1CC(=O)N(c2ccc3c(c2)Cc2ccccc2-3)C1. The van der Waals surface area contributed by atoms with Crippen molar-refractivity contribution in [2.45, 2.75) is 19.0 Å². The second-order valence-corrected chi connectivity index (χ2v) is 7.39. The Balaban J connectivity index is 1.51. The van der Waals surface area contributed by atoms with Gasteiger partial charge in [-0.05, 0) is 40.8 Å². The van der Waals surface area contributed by atoms with E-state index in [9.17, 15) is 22.8 Å². The molecule has 146 valence electrons. The molecule has 28 heavy (non-hydrogen) atoms. The molecule has 4 rings (SSSR count). The summed E-state index contributed by atoms with van der Waals surface area (Å²) >= 11 is 0. The van der Waals surface area contributed by atoms with Crippen LogP contribution in [0.4, 0.5) is 18.9 Å². The van der Waals surface area contributed by atoms with Gasteiger partial charge in [-0.1, -0.05) is 30.3 Å². The van der Waals surface area contributed by atoms with Gasteiger partial charge in [0.1, 0.15) is 6.54 Å². The molecule has 0 saturated carbocycles. The van der Waals surface area contributed by atoms with Crippen molar-refractivity contribution < 1.29 is 22.8 Å². The van der Waals surface area contributed by atoms with Gasteiger partial charge in [0.15, 0.2) is 0 Å². The second kappa shape index (κ2) is 6.65. The number of hydrogen-bond donors (Lipinski definition) is 0. The molecule has 2 aliphatic rings. The Morgan fingerprint density at radius 2 is 1.86 bits per heavy atom. The van der Waals surface area contributed by atoms with Crippen molar-refractivity contribution in [3.63, 3.8) is 0 Å². The summed E-state index contributed by atoms with van der Waals surface area (Å²) in [5.74, 6) is -1.65. The molecule has 4 nitrogen and oxygen atoms in total. The van der Waals surface area contributed by atoms with Crippen LogP contribution in [0.2, 0.25) is 0 Å². The molecule has 0 aromatic heterocycles. The molecular weight excluding hydrogens is 369 g/mol. The number of carbonyl (C=O) groups excluding carboxylic acids is 2. The Morgan fingerprint density at radius 3 is 2.61 bits per heavy atom. The maximum atomic E-state index is 12.5. The lowest BCUT2D eigenvalue weighted by atomic mass is 10.1. The lowest BCUT2D eigenvalue weighted by Gasteiger charge is -2.22. The lowest BCUT2D eigenvalue weighted by Crippen LogP contribution is -2.40. The number of anilines is 1. The summed E-state index contributed by atoms with van der Waals surface area (Å²) in [5, 5.41) is 0. The van der Waals surface area contributed by atoms with Gasteiger partial charge in [-0.3, -0.25) is 9.59 Å². The van der Waals surface area contributed by atoms with Gasteiger partial charge in [0.05, 0.1) is 5.92 Å². The van der Waals surface area contributed by atoms with E-state index in [-0.39, 0.29) is 18.9 Å². The van der Waals surface area contributed by atoms with Crippen LogP contribution in [0.1, 0.15) is 17.5 Å². The van der Waals surface area contributed by atoms with E-state index < -0.39 is 24.5 Å². The van der Waals surface area contributed by atoms with Gasteiger partial charge < -0.3 is 9.80 Å². The quantitative estimate of drug-likeness (QED) is 0.688. The molecule has 0 N–H and O–H groups in total. The minimum atomic E-state index is -4.46. The normalized spacial score (nSPS) is 18.2. The van der Waals surface area contributed by atoms with Crippen molar-refractivity contribution in [1.29, 1.82) is 0 Å². The molecule has 1 atom stereocenters. The number of benzene rings is 2. The van der Waals surface area contributed by atoms with E-state index >= 15 is 0 Å². The number of halogens is 3. The van der Waals surface area contributed by atoms with Crippen LogP contribution in [0.15, 0.2) is 42.5 Å². The van der Waals surface area contributed by atoms with E-state index in [1.165, 1.54) is 16.0 Å². The van der Waals surface area contributed by atoms with Crippen molar-refractivity contribution in [3.05, 3.63) is 53.6 Å². The third-order valence-corrected chi connectivity index (χ3v) is 5.36. The average molecular weight is 388 g/mol. The first-order chi connectivity index (χ1) is 13.2. The highest BCUT2D eigenvalue weighted by Gasteiger charge is 2.39. The topological polar surface area (TPSA) is 40.6 Å². The highest BCUT2D eigenvalue weighted by Crippen LogP contribution is 2.39.